The third-order valence-corrected chi connectivity index (χ3v) is 3.94. The quantitative estimate of drug-likeness (QED) is 0.352. The number of ether oxygens (including phenoxy) is 1. The molecule has 1 unspecified atom stereocenters. The minimum absolute atomic E-state index is 0. The number of rotatable bonds is 3. The van der Waals surface area contributed by atoms with Crippen molar-refractivity contribution < 1.29 is 14.6 Å². The molecule has 2 aromatic rings. The van der Waals surface area contributed by atoms with Crippen molar-refractivity contribution >= 4 is 71.0 Å². The zero-order chi connectivity index (χ0) is 18.3. The number of carbonyl (C=O) groups is 1. The van der Waals surface area contributed by atoms with E-state index in [4.69, 9.17) is 51.8 Å². The lowest BCUT2D eigenvalue weighted by Crippen LogP contribution is -2.12. The smallest absolute Gasteiger partial charge is 0.214 e. The zero-order valence-electron chi connectivity index (χ0n) is 12.8. The van der Waals surface area contributed by atoms with Crippen molar-refractivity contribution in [2.45, 2.75) is 6.10 Å². The lowest BCUT2D eigenvalue weighted by atomic mass is 10.1. The van der Waals surface area contributed by atoms with Crippen molar-refractivity contribution in [1.29, 1.82) is 5.41 Å². The number of aliphatic hydroxyl groups is 1. The monoisotopic (exact) mass is 443 g/mol. The van der Waals surface area contributed by atoms with Crippen molar-refractivity contribution in [1.82, 2.24) is 0 Å². The molecule has 0 bridgehead atoms. The molecule has 2 rings (SSSR count). The summed E-state index contributed by atoms with van der Waals surface area (Å²) in [4.78, 5) is 10.2. The lowest BCUT2D eigenvalue weighted by Gasteiger charge is -2.12. The first-order chi connectivity index (χ1) is 11.3. The Kier molecular flexibility index (Phi) is 11.1. The Labute approximate surface area is 171 Å². The second-order valence-corrected chi connectivity index (χ2v) is 6.11. The van der Waals surface area contributed by atoms with Gasteiger partial charge in [0.25, 0.3) is 0 Å². The van der Waals surface area contributed by atoms with Crippen LogP contribution in [0.15, 0.2) is 36.4 Å². The van der Waals surface area contributed by atoms with Crippen LogP contribution in [0.2, 0.25) is 20.1 Å². The summed E-state index contributed by atoms with van der Waals surface area (Å²) < 4.78 is 4.59. The van der Waals surface area contributed by atoms with Gasteiger partial charge in [-0.2, -0.15) is 0 Å². The van der Waals surface area contributed by atoms with Gasteiger partial charge in [0.1, 0.15) is 0 Å². The molecule has 0 fully saturated rings. The van der Waals surface area contributed by atoms with Gasteiger partial charge in [0.15, 0.2) is 12.4 Å². The van der Waals surface area contributed by atoms with E-state index in [0.29, 0.717) is 37.5 Å². The number of carbonyl (C=O) groups excluding carboxylic acids is 1. The minimum Gasteiger partial charge on any atom is -0.482 e. The Morgan fingerprint density at radius 1 is 1.08 bits per heavy atom. The number of aldehydes is 1. The predicted octanol–water partition coefficient (Wildman–Crippen LogP) is 5.88. The number of aliphatic hydroxyl groups excluding tert-OH is 1. The van der Waals surface area contributed by atoms with Crippen LogP contribution in [-0.4, -0.2) is 24.4 Å². The summed E-state index contributed by atoms with van der Waals surface area (Å²) in [5, 5.41) is 18.6. The van der Waals surface area contributed by atoms with E-state index in [0.717, 1.165) is 0 Å². The molecular weight excluding hydrogens is 431 g/mol. The van der Waals surface area contributed by atoms with Gasteiger partial charge in [-0.05, 0) is 30.3 Å². The second-order valence-electron chi connectivity index (χ2n) is 4.42. The molecule has 2 aromatic carbocycles. The van der Waals surface area contributed by atoms with E-state index in [9.17, 15) is 9.90 Å². The molecule has 0 aromatic heterocycles. The molecule has 0 amide bonds. The van der Waals surface area contributed by atoms with E-state index in [-0.39, 0.29) is 18.3 Å². The molecule has 4 nitrogen and oxygen atoms in total. The van der Waals surface area contributed by atoms with Gasteiger partial charge in [-0.3, -0.25) is 10.2 Å². The molecule has 0 spiro atoms. The zero-order valence-corrected chi connectivity index (χ0v) is 16.6. The maximum Gasteiger partial charge on any atom is 0.214 e. The minimum atomic E-state index is -1.15. The third-order valence-electron chi connectivity index (χ3n) is 2.81. The van der Waals surface area contributed by atoms with Crippen LogP contribution >= 0.6 is 58.8 Å². The van der Waals surface area contributed by atoms with Crippen LogP contribution in [0.4, 0.5) is 0 Å². The summed E-state index contributed by atoms with van der Waals surface area (Å²) in [7, 11) is 1.31. The summed E-state index contributed by atoms with van der Waals surface area (Å²) in [6.45, 7) is 0. The highest BCUT2D eigenvalue weighted by atomic mass is 35.5. The SMILES string of the molecule is COC(=N)C(O)c1ccc(Cl)cc1Cl.Cl.O=Cc1ccc(Cl)cc1Cl. The molecule has 0 aliphatic heterocycles. The molecule has 1 atom stereocenters. The van der Waals surface area contributed by atoms with Gasteiger partial charge in [-0.25, -0.2) is 0 Å². The lowest BCUT2D eigenvalue weighted by molar-refractivity contribution is 0.112. The Bertz CT molecular complexity index is 740. The molecule has 0 radical (unpaired) electrons. The van der Waals surface area contributed by atoms with E-state index < -0.39 is 6.10 Å². The third kappa shape index (κ3) is 7.40. The normalized spacial score (nSPS) is 10.6. The van der Waals surface area contributed by atoms with Crippen LogP contribution in [0.5, 0.6) is 0 Å². The Morgan fingerprint density at radius 3 is 2.04 bits per heavy atom. The van der Waals surface area contributed by atoms with Crippen molar-refractivity contribution in [2.24, 2.45) is 0 Å². The maximum absolute atomic E-state index is 10.2. The standard InChI is InChI=1S/C9H9Cl2NO2.C7H4Cl2O.ClH/c1-14-9(12)8(13)6-3-2-5(10)4-7(6)11;8-6-2-1-5(4-10)7(9)3-6;/h2-4,8,12-13H,1H3;1-4H;1H. The van der Waals surface area contributed by atoms with Crippen molar-refractivity contribution in [3.8, 4) is 0 Å². The first-order valence-electron chi connectivity index (χ1n) is 6.45. The topological polar surface area (TPSA) is 70.4 Å². The van der Waals surface area contributed by atoms with Crippen LogP contribution in [0.25, 0.3) is 0 Å². The van der Waals surface area contributed by atoms with Crippen LogP contribution in [0.3, 0.4) is 0 Å². The summed E-state index contributed by atoms with van der Waals surface area (Å²) in [6, 6.07) is 9.39. The van der Waals surface area contributed by atoms with Crippen molar-refractivity contribution in [2.75, 3.05) is 7.11 Å². The van der Waals surface area contributed by atoms with Gasteiger partial charge in [-0.15, -0.1) is 12.4 Å². The molecule has 9 heteroatoms. The van der Waals surface area contributed by atoms with Gasteiger partial charge >= 0.3 is 0 Å². The molecule has 25 heavy (non-hydrogen) atoms. The van der Waals surface area contributed by atoms with Gasteiger partial charge in [0.2, 0.25) is 5.90 Å². The van der Waals surface area contributed by atoms with Gasteiger partial charge < -0.3 is 9.84 Å². The van der Waals surface area contributed by atoms with Crippen molar-refractivity contribution in [3.63, 3.8) is 0 Å². The highest BCUT2D eigenvalue weighted by Crippen LogP contribution is 2.26. The first-order valence-corrected chi connectivity index (χ1v) is 7.97. The molecule has 136 valence electrons. The first kappa shape index (κ1) is 24.0. The van der Waals surface area contributed by atoms with Crippen LogP contribution in [0.1, 0.15) is 22.0 Å². The van der Waals surface area contributed by atoms with Crippen LogP contribution in [-0.2, 0) is 4.74 Å². The predicted molar refractivity (Wildman–Crippen MR) is 105 cm³/mol. The Balaban J connectivity index is 0.000000465. The Hall–Kier alpha value is -1.01. The average Bonchev–Trinajstić information content (AvgIpc) is 2.54. The van der Waals surface area contributed by atoms with E-state index in [1.807, 2.05) is 0 Å². The highest BCUT2D eigenvalue weighted by Gasteiger charge is 2.17. The molecule has 0 saturated heterocycles. The number of nitrogens with one attached hydrogen (secondary N) is 1. The number of methoxy groups -OCH3 is 1. The van der Waals surface area contributed by atoms with Crippen LogP contribution < -0.4 is 0 Å². The van der Waals surface area contributed by atoms with Crippen molar-refractivity contribution in [3.05, 3.63) is 67.6 Å². The van der Waals surface area contributed by atoms with Crippen LogP contribution in [0, 0.1) is 5.41 Å². The number of halogens is 5. The van der Waals surface area contributed by atoms with Gasteiger partial charge in [0, 0.05) is 26.2 Å². The molecular formula is C16H14Cl5NO3. The second kappa shape index (κ2) is 11.6. The summed E-state index contributed by atoms with van der Waals surface area (Å²) in [6.07, 6.45) is -0.455. The average molecular weight is 446 g/mol. The summed E-state index contributed by atoms with van der Waals surface area (Å²) >= 11 is 22.7. The molecule has 0 aliphatic rings. The fourth-order valence-corrected chi connectivity index (χ4v) is 2.54. The number of hydrogen-bond donors (Lipinski definition) is 2. The number of benzene rings is 2. The molecule has 0 aliphatic carbocycles. The van der Waals surface area contributed by atoms with E-state index in [1.54, 1.807) is 24.3 Å². The molecule has 2 N–H and O–H groups in total. The molecule has 0 heterocycles. The fourth-order valence-electron chi connectivity index (χ4n) is 1.57. The van der Waals surface area contributed by atoms with E-state index in [1.165, 1.54) is 19.2 Å². The van der Waals surface area contributed by atoms with E-state index >= 15 is 0 Å². The largest absolute Gasteiger partial charge is 0.482 e. The number of hydrogen-bond acceptors (Lipinski definition) is 4. The molecule has 0 saturated carbocycles. The highest BCUT2D eigenvalue weighted by molar-refractivity contribution is 6.36. The van der Waals surface area contributed by atoms with Gasteiger partial charge in [0.05, 0.1) is 12.1 Å². The summed E-state index contributed by atoms with van der Waals surface area (Å²) in [5.74, 6) is -0.255. The summed E-state index contributed by atoms with van der Waals surface area (Å²) in [5.41, 5.74) is 0.869. The Morgan fingerprint density at radius 2 is 1.60 bits per heavy atom. The van der Waals surface area contributed by atoms with E-state index in [2.05, 4.69) is 4.74 Å². The maximum atomic E-state index is 10.2. The van der Waals surface area contributed by atoms with Gasteiger partial charge in [-0.1, -0.05) is 52.5 Å². The fraction of sp³-hybridized carbons (Fsp3) is 0.125.